The summed E-state index contributed by atoms with van der Waals surface area (Å²) in [5.74, 6) is 0.613. The lowest BCUT2D eigenvalue weighted by molar-refractivity contribution is -0.122. The summed E-state index contributed by atoms with van der Waals surface area (Å²) in [6.07, 6.45) is 3.50. The van der Waals surface area contributed by atoms with Crippen LogP contribution in [-0.2, 0) is 11.3 Å². The zero-order chi connectivity index (χ0) is 23.5. The maximum Gasteiger partial charge on any atom is 0.293 e. The first-order valence-corrected chi connectivity index (χ1v) is 11.5. The van der Waals surface area contributed by atoms with E-state index >= 15 is 0 Å². The van der Waals surface area contributed by atoms with Gasteiger partial charge in [0.15, 0.2) is 11.5 Å². The number of ether oxygens (including phenoxy) is 2. The van der Waals surface area contributed by atoms with E-state index in [1.54, 1.807) is 30.3 Å². The average molecular weight is 476 g/mol. The third-order valence-electron chi connectivity index (χ3n) is 5.45. The molecular weight excluding hydrogens is 454 g/mol. The summed E-state index contributed by atoms with van der Waals surface area (Å²) in [7, 11) is 0. The van der Waals surface area contributed by atoms with Crippen molar-refractivity contribution in [2.45, 2.75) is 6.54 Å². The molecule has 0 bridgehead atoms. The molecule has 34 heavy (non-hydrogen) atoms. The Morgan fingerprint density at radius 1 is 1.03 bits per heavy atom. The zero-order valence-corrected chi connectivity index (χ0v) is 18.9. The molecule has 1 N–H and O–H groups in total. The van der Waals surface area contributed by atoms with Gasteiger partial charge >= 0.3 is 0 Å². The van der Waals surface area contributed by atoms with Crippen LogP contribution in [0.15, 0.2) is 71.8 Å². The second-order valence-electron chi connectivity index (χ2n) is 7.71. The maximum atomic E-state index is 12.8. The second-order valence-corrected chi connectivity index (χ2v) is 8.70. The summed E-state index contributed by atoms with van der Waals surface area (Å²) in [6, 6.07) is 18.7. The van der Waals surface area contributed by atoms with E-state index in [-0.39, 0.29) is 36.9 Å². The van der Waals surface area contributed by atoms with Crippen molar-refractivity contribution >= 4 is 34.9 Å². The van der Waals surface area contributed by atoms with Crippen LogP contribution in [0.5, 0.6) is 11.5 Å². The Labute approximate surface area is 200 Å². The smallest absolute Gasteiger partial charge is 0.293 e. The van der Waals surface area contributed by atoms with E-state index in [0.29, 0.717) is 28.6 Å². The minimum atomic E-state index is -0.380. The van der Waals surface area contributed by atoms with Gasteiger partial charge in [-0.05, 0) is 53.2 Å². The molecule has 5 rings (SSSR count). The number of carbonyl (C=O) groups is 3. The first kappa shape index (κ1) is 21.8. The summed E-state index contributed by atoms with van der Waals surface area (Å²) in [6.45, 7) is 0.987. The molecule has 0 radical (unpaired) electrons. The second kappa shape index (κ2) is 9.48. The summed E-state index contributed by atoms with van der Waals surface area (Å²) in [4.78, 5) is 39.3. The van der Waals surface area contributed by atoms with Crippen LogP contribution in [0, 0.1) is 0 Å². The molecule has 1 aromatic heterocycles. The number of carbonyl (C=O) groups excluding carboxylic acids is 3. The number of benzene rings is 2. The van der Waals surface area contributed by atoms with Crippen molar-refractivity contribution in [3.8, 4) is 11.5 Å². The fourth-order valence-electron chi connectivity index (χ4n) is 3.76. The normalized spacial score (nSPS) is 15.9. The zero-order valence-electron chi connectivity index (χ0n) is 18.1. The van der Waals surface area contributed by atoms with Gasteiger partial charge in [0.05, 0.1) is 4.91 Å². The number of hydrogen-bond acceptors (Lipinski definition) is 6. The molecule has 1 saturated heterocycles. The molecule has 0 unspecified atom stereocenters. The first-order valence-electron chi connectivity index (χ1n) is 10.7. The number of nitrogens with one attached hydrogen (secondary N) is 1. The number of hydrogen-bond donors (Lipinski definition) is 1. The van der Waals surface area contributed by atoms with Crippen LogP contribution >= 0.6 is 11.8 Å². The van der Waals surface area contributed by atoms with Crippen molar-refractivity contribution in [2.75, 3.05) is 19.9 Å². The maximum absolute atomic E-state index is 12.8. The monoisotopic (exact) mass is 475 g/mol. The molecular formula is C25H21N3O5S. The van der Waals surface area contributed by atoms with E-state index in [1.165, 1.54) is 0 Å². The van der Waals surface area contributed by atoms with Gasteiger partial charge in [-0.1, -0.05) is 36.4 Å². The summed E-state index contributed by atoms with van der Waals surface area (Å²) in [5, 5.41) is 2.44. The predicted molar refractivity (Wildman–Crippen MR) is 128 cm³/mol. The molecule has 3 amide bonds. The van der Waals surface area contributed by atoms with Crippen LogP contribution < -0.4 is 14.8 Å². The van der Waals surface area contributed by atoms with Gasteiger partial charge in [-0.15, -0.1) is 0 Å². The van der Waals surface area contributed by atoms with Gasteiger partial charge in [-0.25, -0.2) is 0 Å². The summed E-state index contributed by atoms with van der Waals surface area (Å²) in [5.41, 5.74) is 2.34. The van der Waals surface area contributed by atoms with Crippen LogP contribution in [0.1, 0.15) is 21.6 Å². The highest BCUT2D eigenvalue weighted by Crippen LogP contribution is 2.36. The van der Waals surface area contributed by atoms with Crippen molar-refractivity contribution < 1.29 is 23.9 Å². The van der Waals surface area contributed by atoms with Crippen LogP contribution in [0.3, 0.4) is 0 Å². The molecule has 3 heterocycles. The van der Waals surface area contributed by atoms with E-state index in [4.69, 9.17) is 9.47 Å². The largest absolute Gasteiger partial charge is 0.454 e. The highest BCUT2D eigenvalue weighted by molar-refractivity contribution is 8.18. The number of fused-ring (bicyclic) bond motifs is 1. The SMILES string of the molecule is O=C(NCCN1C(=O)S/C(=C/c2ccc3c(c2)OCO3)C1=O)c1cccn1Cc1ccccc1. The highest BCUT2D eigenvalue weighted by atomic mass is 32.2. The molecule has 2 aliphatic heterocycles. The standard InChI is InChI=1S/C25H21N3O5S/c29-23(19-7-4-11-27(19)15-17-5-2-1-3-6-17)26-10-12-28-24(30)22(34-25(28)31)14-18-8-9-20-21(13-18)33-16-32-20/h1-9,11,13-14H,10,12,15-16H2,(H,26,29)/b22-14+. The van der Waals surface area contributed by atoms with E-state index in [1.807, 2.05) is 47.2 Å². The van der Waals surface area contributed by atoms with Gasteiger partial charge in [0.25, 0.3) is 17.1 Å². The fraction of sp³-hybridized carbons (Fsp3) is 0.160. The number of imide groups is 1. The van der Waals surface area contributed by atoms with E-state index in [0.717, 1.165) is 27.8 Å². The lowest BCUT2D eigenvalue weighted by atomic mass is 10.2. The number of rotatable bonds is 7. The first-order chi connectivity index (χ1) is 16.6. The van der Waals surface area contributed by atoms with Gasteiger partial charge in [-0.3, -0.25) is 19.3 Å². The molecule has 1 fully saturated rings. The van der Waals surface area contributed by atoms with Crippen LogP contribution in [0.4, 0.5) is 4.79 Å². The Bertz CT molecular complexity index is 1280. The van der Waals surface area contributed by atoms with E-state index in [2.05, 4.69) is 5.32 Å². The molecule has 0 spiro atoms. The number of aromatic nitrogens is 1. The molecule has 0 atom stereocenters. The van der Waals surface area contributed by atoms with Crippen molar-refractivity contribution in [1.82, 2.24) is 14.8 Å². The molecule has 3 aromatic rings. The molecule has 2 aromatic carbocycles. The number of thioether (sulfide) groups is 1. The van der Waals surface area contributed by atoms with Crippen molar-refractivity contribution in [2.24, 2.45) is 0 Å². The molecule has 0 saturated carbocycles. The third-order valence-corrected chi connectivity index (χ3v) is 6.35. The van der Waals surface area contributed by atoms with Gasteiger partial charge in [0.2, 0.25) is 6.79 Å². The van der Waals surface area contributed by atoms with Crippen LogP contribution in [-0.4, -0.2) is 46.4 Å². The molecule has 172 valence electrons. The summed E-state index contributed by atoms with van der Waals surface area (Å²) >= 11 is 0.880. The predicted octanol–water partition coefficient (Wildman–Crippen LogP) is 3.73. The number of amides is 3. The van der Waals surface area contributed by atoms with Crippen LogP contribution in [0.2, 0.25) is 0 Å². The lowest BCUT2D eigenvalue weighted by Crippen LogP contribution is -2.37. The van der Waals surface area contributed by atoms with Crippen molar-refractivity contribution in [3.63, 3.8) is 0 Å². The quantitative estimate of drug-likeness (QED) is 0.524. The molecule has 2 aliphatic rings. The Hall–Kier alpha value is -3.98. The van der Waals surface area contributed by atoms with Gasteiger partial charge in [0.1, 0.15) is 5.69 Å². The van der Waals surface area contributed by atoms with Gasteiger partial charge in [-0.2, -0.15) is 0 Å². The average Bonchev–Trinajstić information content (AvgIpc) is 3.55. The van der Waals surface area contributed by atoms with E-state index < -0.39 is 0 Å². The molecule has 0 aliphatic carbocycles. The van der Waals surface area contributed by atoms with Crippen LogP contribution in [0.25, 0.3) is 6.08 Å². The summed E-state index contributed by atoms with van der Waals surface area (Å²) < 4.78 is 12.5. The van der Waals surface area contributed by atoms with Crippen molar-refractivity contribution in [3.05, 3.63) is 88.6 Å². The Morgan fingerprint density at radius 2 is 1.85 bits per heavy atom. The van der Waals surface area contributed by atoms with Gasteiger partial charge < -0.3 is 19.4 Å². The van der Waals surface area contributed by atoms with Crippen molar-refractivity contribution in [1.29, 1.82) is 0 Å². The number of nitrogens with zero attached hydrogens (tertiary/aromatic N) is 2. The fourth-order valence-corrected chi connectivity index (χ4v) is 4.62. The Morgan fingerprint density at radius 3 is 2.71 bits per heavy atom. The Kier molecular flexibility index (Phi) is 6.09. The molecule has 9 heteroatoms. The lowest BCUT2D eigenvalue weighted by Gasteiger charge is -2.14. The Balaban J connectivity index is 1.18. The minimum Gasteiger partial charge on any atom is -0.454 e. The van der Waals surface area contributed by atoms with Gasteiger partial charge in [0, 0.05) is 25.8 Å². The van der Waals surface area contributed by atoms with E-state index in [9.17, 15) is 14.4 Å². The third kappa shape index (κ3) is 4.55. The minimum absolute atomic E-state index is 0.0915. The molecule has 8 nitrogen and oxygen atoms in total. The highest BCUT2D eigenvalue weighted by Gasteiger charge is 2.34. The topological polar surface area (TPSA) is 89.9 Å².